The van der Waals surface area contributed by atoms with Gasteiger partial charge in [-0.3, -0.25) is 0 Å². The van der Waals surface area contributed by atoms with Crippen LogP contribution in [0.5, 0.6) is 0 Å². The normalized spacial score (nSPS) is 8.12. The topological polar surface area (TPSA) is 0 Å². The monoisotopic (exact) mass is 248 g/mol. The van der Waals surface area contributed by atoms with E-state index in [2.05, 4.69) is 62.3 Å². The Morgan fingerprint density at radius 3 is 0.765 bits per heavy atom. The largest absolute Gasteiger partial charge is 0.0683 e. The van der Waals surface area contributed by atoms with Crippen molar-refractivity contribution in [1.82, 2.24) is 0 Å². The number of hydrogen-bond donors (Lipinski definition) is 0. The molecular weight excluding hydrogens is 204 g/mol. The molecule has 0 bridgehead atoms. The molecule has 0 rings (SSSR count). The molecule has 0 aliphatic rings. The quantitative estimate of drug-likeness (QED) is 0.414. The second kappa shape index (κ2) is 29.8. The lowest BCUT2D eigenvalue weighted by atomic mass is 9.94. The van der Waals surface area contributed by atoms with Crippen molar-refractivity contribution in [3.8, 4) is 0 Å². The molecule has 0 radical (unpaired) electrons. The first-order valence-corrected chi connectivity index (χ1v) is 7.71. The lowest BCUT2D eigenvalue weighted by Gasteiger charge is -2.12. The van der Waals surface area contributed by atoms with Crippen LogP contribution < -0.4 is 0 Å². The first-order valence-electron chi connectivity index (χ1n) is 7.71. The molecule has 0 atom stereocenters. The highest BCUT2D eigenvalue weighted by Crippen LogP contribution is 2.16. The van der Waals surface area contributed by atoms with Gasteiger partial charge in [0.25, 0.3) is 0 Å². The molecule has 0 aromatic rings. The van der Waals surface area contributed by atoms with Crippen molar-refractivity contribution in [2.24, 2.45) is 11.3 Å². The highest BCUT2D eigenvalue weighted by molar-refractivity contribution is 4.55. The molecule has 0 saturated heterocycles. The Bertz CT molecular complexity index is 61.8. The first kappa shape index (κ1) is 30.2. The van der Waals surface area contributed by atoms with Gasteiger partial charge in [-0.05, 0) is 11.3 Å². The fourth-order valence-corrected chi connectivity index (χ4v) is 0. The second-order valence-electron chi connectivity index (χ2n) is 5.35. The summed E-state index contributed by atoms with van der Waals surface area (Å²) in [7, 11) is 0. The Morgan fingerprint density at radius 1 is 0.706 bits per heavy atom. The van der Waals surface area contributed by atoms with Gasteiger partial charge in [-0.15, -0.1) is 0 Å². The molecule has 0 nitrogen and oxygen atoms in total. The van der Waals surface area contributed by atoms with Crippen LogP contribution >= 0.6 is 0 Å². The molecule has 17 heavy (non-hydrogen) atoms. The molecule has 0 fully saturated rings. The minimum absolute atomic E-state index is 0.542. The first-order chi connectivity index (χ1) is 7.71. The Kier molecular flexibility index (Phi) is 52.9. The van der Waals surface area contributed by atoms with E-state index in [1.165, 1.54) is 12.8 Å². The van der Waals surface area contributed by atoms with Crippen LogP contribution in [0.2, 0.25) is 0 Å². The Labute approximate surface area is 115 Å². The maximum atomic E-state index is 2.24. The average molecular weight is 249 g/mol. The molecule has 0 heterocycles. The van der Waals surface area contributed by atoms with Crippen molar-refractivity contribution in [3.05, 3.63) is 0 Å². The SMILES string of the molecule is CC.CC.CC(C)C.CCC.CCC(C)(C)C. The third kappa shape index (κ3) is 348. The van der Waals surface area contributed by atoms with E-state index >= 15 is 0 Å². The molecule has 0 aliphatic heterocycles. The highest BCUT2D eigenvalue weighted by Gasteiger charge is 2.03. The molecule has 0 spiro atoms. The zero-order valence-corrected chi connectivity index (χ0v) is 15.5. The van der Waals surface area contributed by atoms with Gasteiger partial charge in [0.15, 0.2) is 0 Å². The fourth-order valence-electron chi connectivity index (χ4n) is 0. The van der Waals surface area contributed by atoms with Gasteiger partial charge in [-0.25, -0.2) is 0 Å². The zero-order chi connectivity index (χ0) is 15.5. The average Bonchev–Trinajstić information content (AvgIpc) is 2.23. The van der Waals surface area contributed by atoms with Crippen LogP contribution in [0, 0.1) is 11.3 Å². The second-order valence-corrected chi connectivity index (χ2v) is 5.35. The van der Waals surface area contributed by atoms with Crippen LogP contribution in [-0.4, -0.2) is 0 Å². The van der Waals surface area contributed by atoms with Crippen LogP contribution in [0.1, 0.15) is 103 Å². The summed E-state index contributed by atoms with van der Waals surface area (Å²) in [6, 6.07) is 0. The Morgan fingerprint density at radius 2 is 0.765 bits per heavy atom. The lowest BCUT2D eigenvalue weighted by Crippen LogP contribution is -2.00. The summed E-state index contributed by atoms with van der Waals surface area (Å²) in [5, 5.41) is 0. The highest BCUT2D eigenvalue weighted by atomic mass is 14.1. The molecule has 0 aromatic heterocycles. The molecule has 0 heteroatoms. The summed E-state index contributed by atoms with van der Waals surface area (Å²) in [4.78, 5) is 0. The van der Waals surface area contributed by atoms with Gasteiger partial charge in [0.1, 0.15) is 0 Å². The van der Waals surface area contributed by atoms with Gasteiger partial charge in [0.05, 0.1) is 0 Å². The minimum atomic E-state index is 0.542. The summed E-state index contributed by atoms with van der Waals surface area (Å²) in [5.41, 5.74) is 0.542. The van der Waals surface area contributed by atoms with E-state index in [9.17, 15) is 0 Å². The molecule has 0 unspecified atom stereocenters. The van der Waals surface area contributed by atoms with Crippen molar-refractivity contribution in [3.63, 3.8) is 0 Å². The standard InChI is InChI=1S/C6H14.C4H10.C3H8.2C2H6/c1-5-6(2,3)4;1-4(2)3;1-3-2;2*1-2/h5H2,1-4H3;4H,1-3H3;3H2,1-2H3;2*1-2H3. The van der Waals surface area contributed by atoms with Gasteiger partial charge >= 0.3 is 0 Å². The Balaban J connectivity index is -0.0000000385. The smallest absolute Gasteiger partial charge is 0.0385 e. The molecule has 0 aliphatic carbocycles. The van der Waals surface area contributed by atoms with Gasteiger partial charge in [-0.1, -0.05) is 103 Å². The summed E-state index contributed by atoms with van der Waals surface area (Å²) >= 11 is 0. The van der Waals surface area contributed by atoms with E-state index in [4.69, 9.17) is 0 Å². The van der Waals surface area contributed by atoms with Gasteiger partial charge < -0.3 is 0 Å². The van der Waals surface area contributed by atoms with E-state index < -0.39 is 0 Å². The summed E-state index contributed by atoms with van der Waals surface area (Å²) < 4.78 is 0. The fraction of sp³-hybridized carbons (Fsp3) is 1.00. The molecule has 112 valence electrons. The minimum Gasteiger partial charge on any atom is -0.0683 e. The van der Waals surface area contributed by atoms with Gasteiger partial charge in [0, 0.05) is 0 Å². The van der Waals surface area contributed by atoms with Crippen molar-refractivity contribution < 1.29 is 0 Å². The third-order valence-corrected chi connectivity index (χ3v) is 1.06. The van der Waals surface area contributed by atoms with Crippen LogP contribution in [-0.2, 0) is 0 Å². The lowest BCUT2D eigenvalue weighted by molar-refractivity contribution is 0.398. The van der Waals surface area contributed by atoms with Gasteiger partial charge in [0.2, 0.25) is 0 Å². The Hall–Kier alpha value is 0. The van der Waals surface area contributed by atoms with Crippen molar-refractivity contribution in [2.75, 3.05) is 0 Å². The summed E-state index contributed by atoms with van der Waals surface area (Å²) in [5.74, 6) is 0.833. The zero-order valence-electron chi connectivity index (χ0n) is 15.5. The van der Waals surface area contributed by atoms with Crippen molar-refractivity contribution in [2.45, 2.75) is 103 Å². The summed E-state index contributed by atoms with van der Waals surface area (Å²) in [6.07, 6.45) is 2.52. The van der Waals surface area contributed by atoms with E-state index in [1.54, 1.807) is 0 Å². The van der Waals surface area contributed by atoms with E-state index in [1.807, 2.05) is 27.7 Å². The van der Waals surface area contributed by atoms with E-state index in [0.717, 1.165) is 5.92 Å². The molecule has 0 N–H and O–H groups in total. The molecule has 0 aromatic carbocycles. The van der Waals surface area contributed by atoms with Crippen LogP contribution in [0.25, 0.3) is 0 Å². The van der Waals surface area contributed by atoms with Gasteiger partial charge in [-0.2, -0.15) is 0 Å². The van der Waals surface area contributed by atoms with Crippen LogP contribution in [0.15, 0.2) is 0 Å². The predicted molar refractivity (Wildman–Crippen MR) is 88.9 cm³/mol. The van der Waals surface area contributed by atoms with E-state index in [-0.39, 0.29) is 0 Å². The molecule has 0 amide bonds. The molecular formula is C17H44. The maximum absolute atomic E-state index is 2.24. The maximum Gasteiger partial charge on any atom is -0.0385 e. The number of rotatable bonds is 0. The third-order valence-electron chi connectivity index (χ3n) is 1.06. The predicted octanol–water partition coefficient (Wildman–Crippen LogP) is 7.57. The van der Waals surface area contributed by atoms with Crippen LogP contribution in [0.3, 0.4) is 0 Å². The van der Waals surface area contributed by atoms with Crippen LogP contribution in [0.4, 0.5) is 0 Å². The summed E-state index contributed by atoms with van der Waals surface area (Å²) in [6.45, 7) is 27.7. The van der Waals surface area contributed by atoms with Crippen molar-refractivity contribution >= 4 is 0 Å². The molecule has 0 saturated carbocycles. The number of hydrogen-bond acceptors (Lipinski definition) is 0. The van der Waals surface area contributed by atoms with E-state index in [0.29, 0.717) is 5.41 Å². The van der Waals surface area contributed by atoms with Crippen molar-refractivity contribution in [1.29, 1.82) is 0 Å².